The lowest BCUT2D eigenvalue weighted by Gasteiger charge is -2.41. The van der Waals surface area contributed by atoms with Crippen LogP contribution < -0.4 is 16.8 Å². The highest BCUT2D eigenvalue weighted by atomic mass is 14.9. The van der Waals surface area contributed by atoms with Gasteiger partial charge in [-0.25, -0.2) is 0 Å². The van der Waals surface area contributed by atoms with Crippen LogP contribution in [0.2, 0.25) is 0 Å². The summed E-state index contributed by atoms with van der Waals surface area (Å²) in [5.74, 6) is 0.737. The molecular formula is C29H43N3. The van der Waals surface area contributed by atoms with Gasteiger partial charge in [-0.05, 0) is 91.9 Å². The molecule has 0 aliphatic heterocycles. The van der Waals surface area contributed by atoms with Gasteiger partial charge in [0.05, 0.1) is 0 Å². The van der Waals surface area contributed by atoms with Gasteiger partial charge >= 0.3 is 0 Å². The predicted molar refractivity (Wildman–Crippen MR) is 137 cm³/mol. The van der Waals surface area contributed by atoms with Gasteiger partial charge in [-0.15, -0.1) is 0 Å². The Morgan fingerprint density at radius 1 is 0.938 bits per heavy atom. The normalized spacial score (nSPS) is 32.7. The largest absolute Gasteiger partial charge is 0.386 e. The van der Waals surface area contributed by atoms with E-state index >= 15 is 0 Å². The van der Waals surface area contributed by atoms with E-state index < -0.39 is 0 Å². The van der Waals surface area contributed by atoms with Gasteiger partial charge in [0.2, 0.25) is 0 Å². The first-order valence-electron chi connectivity index (χ1n) is 12.7. The number of nitrogens with two attached hydrogens (primary N) is 2. The molecule has 4 aliphatic rings. The molecule has 0 bridgehead atoms. The first-order chi connectivity index (χ1) is 15.2. The van der Waals surface area contributed by atoms with Crippen molar-refractivity contribution in [2.75, 3.05) is 0 Å². The summed E-state index contributed by atoms with van der Waals surface area (Å²) in [7, 11) is 0. The highest BCUT2D eigenvalue weighted by molar-refractivity contribution is 5.47. The van der Waals surface area contributed by atoms with Crippen LogP contribution in [-0.4, -0.2) is 18.1 Å². The Hall–Kier alpha value is -1.84. The summed E-state index contributed by atoms with van der Waals surface area (Å²) in [5, 5.41) is 3.58. The first-order valence-corrected chi connectivity index (χ1v) is 12.7. The van der Waals surface area contributed by atoms with Crippen LogP contribution in [0.1, 0.15) is 78.6 Å². The Balaban J connectivity index is 1.42. The third kappa shape index (κ3) is 5.05. The maximum absolute atomic E-state index is 6.46. The molecule has 4 rings (SSSR count). The minimum absolute atomic E-state index is 0.0297. The van der Waals surface area contributed by atoms with E-state index in [2.05, 4.69) is 63.0 Å². The highest BCUT2D eigenvalue weighted by Crippen LogP contribution is 2.40. The number of hydrogen-bond acceptors (Lipinski definition) is 3. The third-order valence-electron chi connectivity index (χ3n) is 8.44. The summed E-state index contributed by atoms with van der Waals surface area (Å²) in [6.07, 6.45) is 22.6. The van der Waals surface area contributed by atoms with Crippen molar-refractivity contribution in [1.29, 1.82) is 0 Å². The molecule has 4 unspecified atom stereocenters. The maximum Gasteiger partial charge on any atom is 0.0296 e. The third-order valence-corrected chi connectivity index (χ3v) is 8.44. The smallest absolute Gasteiger partial charge is 0.0296 e. The molecule has 0 heterocycles. The van der Waals surface area contributed by atoms with Crippen molar-refractivity contribution in [3.8, 4) is 0 Å². The molecule has 1 fully saturated rings. The second kappa shape index (κ2) is 9.57. The molecule has 0 saturated heterocycles. The van der Waals surface area contributed by atoms with Crippen LogP contribution in [0.4, 0.5) is 0 Å². The summed E-state index contributed by atoms with van der Waals surface area (Å²) in [5.41, 5.74) is 21.5. The van der Waals surface area contributed by atoms with Crippen molar-refractivity contribution in [2.24, 2.45) is 22.8 Å². The highest BCUT2D eigenvalue weighted by Gasteiger charge is 2.36. The zero-order valence-electron chi connectivity index (χ0n) is 20.4. The number of rotatable bonds is 5. The average molecular weight is 434 g/mol. The molecule has 5 N–H and O–H groups in total. The van der Waals surface area contributed by atoms with Gasteiger partial charge in [-0.1, -0.05) is 62.8 Å². The fourth-order valence-electron chi connectivity index (χ4n) is 5.92. The first kappa shape index (κ1) is 23.3. The monoisotopic (exact) mass is 433 g/mol. The van der Waals surface area contributed by atoms with E-state index in [1.54, 1.807) is 5.57 Å². The minimum atomic E-state index is -0.0321. The van der Waals surface area contributed by atoms with Crippen LogP contribution in [0, 0.1) is 11.3 Å². The van der Waals surface area contributed by atoms with Crippen molar-refractivity contribution in [2.45, 2.75) is 96.7 Å². The van der Waals surface area contributed by atoms with Crippen molar-refractivity contribution in [3.05, 3.63) is 70.5 Å². The van der Waals surface area contributed by atoms with E-state index in [1.165, 1.54) is 60.8 Å². The summed E-state index contributed by atoms with van der Waals surface area (Å²) < 4.78 is 0. The lowest BCUT2D eigenvalue weighted by atomic mass is 9.69. The van der Waals surface area contributed by atoms with Crippen LogP contribution in [0.3, 0.4) is 0 Å². The quantitative estimate of drug-likeness (QED) is 0.500. The van der Waals surface area contributed by atoms with Crippen LogP contribution in [-0.2, 0) is 0 Å². The second-order valence-electron chi connectivity index (χ2n) is 11.2. The van der Waals surface area contributed by atoms with Crippen molar-refractivity contribution in [3.63, 3.8) is 0 Å². The van der Waals surface area contributed by atoms with Gasteiger partial charge in [0.25, 0.3) is 0 Å². The summed E-state index contributed by atoms with van der Waals surface area (Å²) in [6, 6.07) is 0.753. The molecule has 4 atom stereocenters. The van der Waals surface area contributed by atoms with Crippen molar-refractivity contribution >= 4 is 0 Å². The lowest BCUT2D eigenvalue weighted by Crippen LogP contribution is -2.51. The molecule has 4 aliphatic carbocycles. The van der Waals surface area contributed by atoms with Gasteiger partial charge < -0.3 is 16.8 Å². The second-order valence-corrected chi connectivity index (χ2v) is 11.2. The van der Waals surface area contributed by atoms with Gasteiger partial charge in [0.1, 0.15) is 0 Å². The Kier molecular flexibility index (Phi) is 6.97. The van der Waals surface area contributed by atoms with Crippen LogP contribution in [0.5, 0.6) is 0 Å². The van der Waals surface area contributed by atoms with Gasteiger partial charge in [0, 0.05) is 23.8 Å². The Labute approximate surface area is 195 Å². The topological polar surface area (TPSA) is 64.1 Å². The van der Waals surface area contributed by atoms with E-state index in [-0.39, 0.29) is 17.5 Å². The maximum atomic E-state index is 6.46. The molecule has 0 amide bonds. The van der Waals surface area contributed by atoms with E-state index in [9.17, 15) is 0 Å². The molecule has 0 aromatic heterocycles. The molecule has 0 aromatic carbocycles. The molecule has 3 nitrogen and oxygen atoms in total. The summed E-state index contributed by atoms with van der Waals surface area (Å²) in [6.45, 7) is 10.5. The van der Waals surface area contributed by atoms with Crippen molar-refractivity contribution < 1.29 is 0 Å². The van der Waals surface area contributed by atoms with Crippen molar-refractivity contribution in [1.82, 2.24) is 5.32 Å². The molecule has 0 spiro atoms. The fraction of sp³-hybridized carbons (Fsp3) is 0.586. The van der Waals surface area contributed by atoms with E-state index in [4.69, 9.17) is 11.5 Å². The van der Waals surface area contributed by atoms with Gasteiger partial charge in [0.15, 0.2) is 0 Å². The summed E-state index contributed by atoms with van der Waals surface area (Å²) >= 11 is 0. The van der Waals surface area contributed by atoms with Gasteiger partial charge in [-0.3, -0.25) is 0 Å². The zero-order valence-corrected chi connectivity index (χ0v) is 20.4. The van der Waals surface area contributed by atoms with E-state index in [0.717, 1.165) is 30.9 Å². The number of nitrogens with one attached hydrogen (secondary N) is 1. The molecule has 0 radical (unpaired) electrons. The van der Waals surface area contributed by atoms with Crippen LogP contribution in [0.15, 0.2) is 70.5 Å². The Bertz CT molecular complexity index is 895. The predicted octanol–water partition coefficient (Wildman–Crippen LogP) is 5.97. The molecule has 1 saturated carbocycles. The lowest BCUT2D eigenvalue weighted by molar-refractivity contribution is 0.239. The van der Waals surface area contributed by atoms with Crippen LogP contribution in [0.25, 0.3) is 0 Å². The van der Waals surface area contributed by atoms with E-state index in [1.807, 2.05) is 0 Å². The molecular weight excluding hydrogens is 390 g/mol. The Morgan fingerprint density at radius 3 is 2.12 bits per heavy atom. The standard InChI is InChI=1S/C29H43N3/c1-19(2)32-26-7-5-6-24(16-26)22-12-8-20(9-13-22)21-10-14-23(15-11-21)25-17-27(30)29(3,4)28(31)18-25/h8,10,12,14,17,24,26-28,32H,1,5-7,9,11,13,15-16,18,30-31H2,2-4H3. The SMILES string of the molecule is C=C(C)NC1CCCC(C2=CC=C(C3=CC=C(C4=CC(N)C(C)(C)C(N)C4)CC3)CC2)C1. The van der Waals surface area contributed by atoms with E-state index in [0.29, 0.717) is 6.04 Å². The summed E-state index contributed by atoms with van der Waals surface area (Å²) in [4.78, 5) is 0. The average Bonchev–Trinajstić information content (AvgIpc) is 2.77. The molecule has 174 valence electrons. The molecule has 3 heteroatoms. The fourth-order valence-corrected chi connectivity index (χ4v) is 5.92. The Morgan fingerprint density at radius 2 is 1.56 bits per heavy atom. The zero-order chi connectivity index (χ0) is 22.9. The van der Waals surface area contributed by atoms with Crippen LogP contribution >= 0.6 is 0 Å². The molecule has 32 heavy (non-hydrogen) atoms. The molecule has 0 aromatic rings. The number of allylic oxidation sites excluding steroid dienone is 9. The number of hydrogen-bond donors (Lipinski definition) is 3. The van der Waals surface area contributed by atoms with Gasteiger partial charge in [-0.2, -0.15) is 0 Å². The minimum Gasteiger partial charge on any atom is -0.386 e.